The van der Waals surface area contributed by atoms with Gasteiger partial charge in [0.1, 0.15) is 0 Å². The lowest BCUT2D eigenvalue weighted by atomic mass is 9.98. The molecule has 1 unspecified atom stereocenters. The van der Waals surface area contributed by atoms with E-state index in [2.05, 4.69) is 73.8 Å². The van der Waals surface area contributed by atoms with Crippen molar-refractivity contribution in [3.05, 3.63) is 71.3 Å². The molecule has 2 aromatic carbocycles. The number of hydrogen-bond donors (Lipinski definition) is 1. The first-order valence-corrected chi connectivity index (χ1v) is 7.69. The summed E-state index contributed by atoms with van der Waals surface area (Å²) >= 11 is 0. The maximum absolute atomic E-state index is 3.66. The van der Waals surface area contributed by atoms with E-state index in [-0.39, 0.29) is 0 Å². The fraction of sp³-hybridized carbons (Fsp3) is 0.368. The van der Waals surface area contributed by atoms with Gasteiger partial charge in [-0.3, -0.25) is 0 Å². The van der Waals surface area contributed by atoms with E-state index in [9.17, 15) is 0 Å². The van der Waals surface area contributed by atoms with Crippen LogP contribution in [-0.4, -0.2) is 6.54 Å². The molecule has 1 nitrogen and oxygen atoms in total. The van der Waals surface area contributed by atoms with Crippen LogP contribution in [0.1, 0.15) is 43.0 Å². The van der Waals surface area contributed by atoms with E-state index in [1.165, 1.54) is 16.7 Å². The van der Waals surface area contributed by atoms with Crippen LogP contribution in [0.2, 0.25) is 0 Å². The summed E-state index contributed by atoms with van der Waals surface area (Å²) in [5, 5.41) is 3.66. The highest BCUT2D eigenvalue weighted by molar-refractivity contribution is 5.26. The first kappa shape index (κ1) is 14.8. The molecule has 0 aliphatic carbocycles. The zero-order valence-corrected chi connectivity index (χ0v) is 12.6. The van der Waals surface area contributed by atoms with Crippen LogP contribution in [0.25, 0.3) is 0 Å². The van der Waals surface area contributed by atoms with Crippen molar-refractivity contribution in [2.45, 2.75) is 39.2 Å². The average molecular weight is 267 g/mol. The number of hydrogen-bond acceptors (Lipinski definition) is 1. The van der Waals surface area contributed by atoms with Gasteiger partial charge in [0.2, 0.25) is 0 Å². The minimum atomic E-state index is 0.406. The van der Waals surface area contributed by atoms with E-state index in [0.717, 1.165) is 25.8 Å². The summed E-state index contributed by atoms with van der Waals surface area (Å²) in [6.45, 7) is 5.47. The molecule has 0 amide bonds. The van der Waals surface area contributed by atoms with Crippen molar-refractivity contribution in [3.63, 3.8) is 0 Å². The van der Waals surface area contributed by atoms with Gasteiger partial charge >= 0.3 is 0 Å². The van der Waals surface area contributed by atoms with E-state index >= 15 is 0 Å². The van der Waals surface area contributed by atoms with Crippen molar-refractivity contribution in [2.24, 2.45) is 0 Å². The summed E-state index contributed by atoms with van der Waals surface area (Å²) in [4.78, 5) is 0. The third-order valence-electron chi connectivity index (χ3n) is 3.71. The van der Waals surface area contributed by atoms with Gasteiger partial charge in [-0.05, 0) is 42.5 Å². The lowest BCUT2D eigenvalue weighted by Crippen LogP contribution is -2.24. The minimum absolute atomic E-state index is 0.406. The largest absolute Gasteiger partial charge is 0.310 e. The van der Waals surface area contributed by atoms with Crippen LogP contribution in [0, 0.1) is 0 Å². The van der Waals surface area contributed by atoms with Gasteiger partial charge in [0.25, 0.3) is 0 Å². The summed E-state index contributed by atoms with van der Waals surface area (Å²) in [5.41, 5.74) is 4.19. The molecule has 1 heteroatoms. The van der Waals surface area contributed by atoms with Crippen molar-refractivity contribution in [1.82, 2.24) is 5.32 Å². The standard InChI is InChI=1S/C19H25N/c1-3-14-20-19(18-8-6-5-7-9-18)15-17-12-10-16(4-2)11-13-17/h5-13,19-20H,3-4,14-15H2,1-2H3. The summed E-state index contributed by atoms with van der Waals surface area (Å²) in [7, 11) is 0. The number of benzene rings is 2. The third kappa shape index (κ3) is 4.21. The van der Waals surface area contributed by atoms with E-state index in [0.29, 0.717) is 6.04 Å². The Kier molecular flexibility index (Phi) is 5.82. The smallest absolute Gasteiger partial charge is 0.0360 e. The third-order valence-corrected chi connectivity index (χ3v) is 3.71. The van der Waals surface area contributed by atoms with E-state index in [4.69, 9.17) is 0 Å². The second-order valence-electron chi connectivity index (χ2n) is 5.29. The van der Waals surface area contributed by atoms with Crippen LogP contribution in [0.5, 0.6) is 0 Å². The Bertz CT molecular complexity index is 487. The number of rotatable bonds is 7. The molecule has 2 aromatic rings. The van der Waals surface area contributed by atoms with Crippen molar-refractivity contribution in [2.75, 3.05) is 6.54 Å². The molecule has 1 N–H and O–H groups in total. The molecular formula is C19H25N. The molecule has 0 aromatic heterocycles. The monoisotopic (exact) mass is 267 g/mol. The Labute approximate surface area is 123 Å². The molecule has 0 radical (unpaired) electrons. The molecule has 0 heterocycles. The predicted octanol–water partition coefficient (Wildman–Crippen LogP) is 4.53. The average Bonchev–Trinajstić information content (AvgIpc) is 2.53. The van der Waals surface area contributed by atoms with Gasteiger partial charge in [0.15, 0.2) is 0 Å². The van der Waals surface area contributed by atoms with E-state index < -0.39 is 0 Å². The van der Waals surface area contributed by atoms with Crippen LogP contribution >= 0.6 is 0 Å². The zero-order valence-electron chi connectivity index (χ0n) is 12.6. The second-order valence-corrected chi connectivity index (χ2v) is 5.29. The van der Waals surface area contributed by atoms with Crippen LogP contribution in [-0.2, 0) is 12.8 Å². The van der Waals surface area contributed by atoms with Crippen LogP contribution in [0.15, 0.2) is 54.6 Å². The SMILES string of the molecule is CCCNC(Cc1ccc(CC)cc1)c1ccccc1. The fourth-order valence-corrected chi connectivity index (χ4v) is 2.46. The Morgan fingerprint density at radius 2 is 1.50 bits per heavy atom. The van der Waals surface area contributed by atoms with Crippen molar-refractivity contribution in [1.29, 1.82) is 0 Å². The van der Waals surface area contributed by atoms with Crippen molar-refractivity contribution in [3.8, 4) is 0 Å². The molecule has 0 bridgehead atoms. The molecule has 2 rings (SSSR count). The Balaban J connectivity index is 2.10. The van der Waals surface area contributed by atoms with Gasteiger partial charge in [-0.2, -0.15) is 0 Å². The molecule has 106 valence electrons. The number of aryl methyl sites for hydroxylation is 1. The first-order chi connectivity index (χ1) is 9.83. The van der Waals surface area contributed by atoms with Gasteiger partial charge in [-0.15, -0.1) is 0 Å². The van der Waals surface area contributed by atoms with Crippen LogP contribution in [0.4, 0.5) is 0 Å². The summed E-state index contributed by atoms with van der Waals surface area (Å²) < 4.78 is 0. The van der Waals surface area contributed by atoms with Crippen molar-refractivity contribution >= 4 is 0 Å². The fourth-order valence-electron chi connectivity index (χ4n) is 2.46. The molecular weight excluding hydrogens is 242 g/mol. The summed E-state index contributed by atoms with van der Waals surface area (Å²) in [6.07, 6.45) is 3.32. The number of nitrogens with one attached hydrogen (secondary N) is 1. The molecule has 0 spiro atoms. The van der Waals surface area contributed by atoms with Gasteiger partial charge in [0.05, 0.1) is 0 Å². The molecule has 0 saturated carbocycles. The van der Waals surface area contributed by atoms with Crippen LogP contribution < -0.4 is 5.32 Å². The molecule has 0 fully saturated rings. The first-order valence-electron chi connectivity index (χ1n) is 7.69. The zero-order chi connectivity index (χ0) is 14.2. The summed E-state index contributed by atoms with van der Waals surface area (Å²) in [5.74, 6) is 0. The molecule has 0 aliphatic heterocycles. The minimum Gasteiger partial charge on any atom is -0.310 e. The Morgan fingerprint density at radius 3 is 2.10 bits per heavy atom. The highest BCUT2D eigenvalue weighted by atomic mass is 14.9. The topological polar surface area (TPSA) is 12.0 Å². The lowest BCUT2D eigenvalue weighted by Gasteiger charge is -2.19. The highest BCUT2D eigenvalue weighted by Gasteiger charge is 2.10. The molecule has 0 saturated heterocycles. The van der Waals surface area contributed by atoms with Gasteiger partial charge in [0, 0.05) is 6.04 Å². The Hall–Kier alpha value is -1.60. The van der Waals surface area contributed by atoms with Crippen LogP contribution in [0.3, 0.4) is 0 Å². The van der Waals surface area contributed by atoms with E-state index in [1.54, 1.807) is 0 Å². The van der Waals surface area contributed by atoms with Gasteiger partial charge < -0.3 is 5.32 Å². The maximum atomic E-state index is 3.66. The van der Waals surface area contributed by atoms with Crippen molar-refractivity contribution < 1.29 is 0 Å². The lowest BCUT2D eigenvalue weighted by molar-refractivity contribution is 0.529. The van der Waals surface area contributed by atoms with Gasteiger partial charge in [-0.1, -0.05) is 68.4 Å². The molecule has 1 atom stereocenters. The highest BCUT2D eigenvalue weighted by Crippen LogP contribution is 2.19. The molecule has 0 aliphatic rings. The maximum Gasteiger partial charge on any atom is 0.0360 e. The Morgan fingerprint density at radius 1 is 0.850 bits per heavy atom. The molecule has 20 heavy (non-hydrogen) atoms. The summed E-state index contributed by atoms with van der Waals surface area (Å²) in [6, 6.07) is 20.2. The van der Waals surface area contributed by atoms with Gasteiger partial charge in [-0.25, -0.2) is 0 Å². The normalized spacial score (nSPS) is 12.3. The second kappa shape index (κ2) is 7.86. The predicted molar refractivity (Wildman–Crippen MR) is 87.0 cm³/mol. The van der Waals surface area contributed by atoms with E-state index in [1.807, 2.05) is 0 Å². The quantitative estimate of drug-likeness (QED) is 0.777.